The first-order chi connectivity index (χ1) is 8.49. The summed E-state index contributed by atoms with van der Waals surface area (Å²) in [7, 11) is -8.50. The van der Waals surface area contributed by atoms with Crippen LogP contribution in [0.2, 0.25) is 0 Å². The van der Waals surface area contributed by atoms with Crippen molar-refractivity contribution in [2.45, 2.75) is 0 Å². The molecule has 0 amide bonds. The normalized spacial score (nSPS) is 1.26. The maximum atomic E-state index is 8.40. The number of rotatable bonds is 0. The fourth-order valence-electron chi connectivity index (χ4n) is 0. The van der Waals surface area contributed by atoms with E-state index in [1.165, 1.54) is 0 Å². The molecule has 0 heterocycles. The summed E-state index contributed by atoms with van der Waals surface area (Å²) in [6, 6.07) is 0. The van der Waals surface area contributed by atoms with Crippen LogP contribution in [-0.2, 0) is 103 Å². The standard InChI is InChI=1S/6Al.2FH.2K.6O2Si.H2O.9O/c;;;;;;;;;;6*1-3-2;;;;;;;;;;/h;;;;;;2*1H;;;;;;;;;1H2;;;;;;;;;/q6*+3;;;2*+1;;;;;;;;9*-2/p-2. The molecule has 38 heteroatoms. The Kier molecular flexibility index (Phi) is 4140. The van der Waals surface area contributed by atoms with Crippen LogP contribution in [-0.4, -0.2) is 165 Å². The van der Waals surface area contributed by atoms with Crippen LogP contribution < -0.4 is 112 Å². The molecule has 0 aromatic heterocycles. The predicted molar refractivity (Wildman–Crippen MR) is 87.1 cm³/mol. The van der Waals surface area contributed by atoms with Gasteiger partial charge in [0, 0.05) is 0 Å². The Morgan fingerprint density at radius 1 is 0.237 bits per heavy atom. The summed E-state index contributed by atoms with van der Waals surface area (Å²) < 4.78 is 101. The van der Waals surface area contributed by atoms with Crippen LogP contribution in [0.5, 0.6) is 0 Å². The molecule has 192 valence electrons. The van der Waals surface area contributed by atoms with Crippen molar-refractivity contribution < 1.29 is 220 Å². The van der Waals surface area contributed by atoms with Crippen LogP contribution >= 0.6 is 0 Å². The fraction of sp³-hybridized carbons (Fsp3) is 0. The van der Waals surface area contributed by atoms with Gasteiger partial charge in [-0.25, -0.2) is 0 Å². The van der Waals surface area contributed by atoms with Gasteiger partial charge in [-0.15, -0.1) is 0 Å². The van der Waals surface area contributed by atoms with E-state index in [0.717, 1.165) is 0 Å². The molecule has 0 unspecified atom stereocenters. The summed E-state index contributed by atoms with van der Waals surface area (Å²) in [5.41, 5.74) is 0. The average molecular weight is 801 g/mol. The van der Waals surface area contributed by atoms with E-state index in [-0.39, 0.29) is 271 Å². The van der Waals surface area contributed by atoms with Crippen molar-refractivity contribution in [1.82, 2.24) is 0 Å². The zero-order chi connectivity index (χ0) is 16.2. The Balaban J connectivity index is -0.00000000171. The van der Waals surface area contributed by atoms with Crippen molar-refractivity contribution in [2.24, 2.45) is 0 Å². The summed E-state index contributed by atoms with van der Waals surface area (Å²) in [5, 5.41) is 0. The van der Waals surface area contributed by atoms with Gasteiger partial charge in [-0.2, -0.15) is 0 Å². The summed E-state index contributed by atoms with van der Waals surface area (Å²) >= 11 is 0. The molecular weight excluding hydrogens is 799 g/mol. The summed E-state index contributed by atoms with van der Waals surface area (Å²) in [5.74, 6) is 0. The monoisotopic (exact) mass is 800 g/mol. The van der Waals surface area contributed by atoms with E-state index in [2.05, 4.69) is 0 Å². The zero-order valence-electron chi connectivity index (χ0n) is 18.3. The van der Waals surface area contributed by atoms with Gasteiger partial charge in [-0.05, 0) is 0 Å². The van der Waals surface area contributed by atoms with E-state index in [9.17, 15) is 0 Å². The van der Waals surface area contributed by atoms with Crippen LogP contribution in [0.25, 0.3) is 0 Å². The molecule has 2 N–H and O–H groups in total. The van der Waals surface area contributed by atoms with Crippen molar-refractivity contribution in [1.29, 1.82) is 0 Å². The summed E-state index contributed by atoms with van der Waals surface area (Å²) in [6.07, 6.45) is 0. The molecule has 0 aliphatic carbocycles. The van der Waals surface area contributed by atoms with Crippen molar-refractivity contribution in [3.05, 3.63) is 0 Å². The molecule has 0 atom stereocenters. The van der Waals surface area contributed by atoms with Crippen molar-refractivity contribution >= 4 is 160 Å². The first-order valence-electron chi connectivity index (χ1n) is 2.45. The van der Waals surface area contributed by atoms with Crippen LogP contribution in [0.1, 0.15) is 0 Å². The Bertz CT molecular complexity index is 285. The number of halogens is 2. The molecular formula is H2Al6F2K2O22Si6. The number of hydrogen-bond acceptors (Lipinski definition) is 12. The molecule has 0 aliphatic rings. The minimum absolute atomic E-state index is 0. The summed E-state index contributed by atoms with van der Waals surface area (Å²) in [4.78, 5) is 0. The third-order valence-electron chi connectivity index (χ3n) is 0. The molecule has 0 aromatic carbocycles. The molecule has 38 heavy (non-hydrogen) atoms. The van der Waals surface area contributed by atoms with Gasteiger partial charge < -0.3 is 64.2 Å². The second-order valence-electron chi connectivity index (χ2n) is 0.500. The van der Waals surface area contributed by atoms with Gasteiger partial charge in [0.05, 0.1) is 0 Å². The average Bonchev–Trinajstić information content (AvgIpc) is 2.23. The van der Waals surface area contributed by atoms with Crippen molar-refractivity contribution in [2.75, 3.05) is 0 Å². The van der Waals surface area contributed by atoms with E-state index in [1.54, 1.807) is 0 Å². The Morgan fingerprint density at radius 3 is 0.237 bits per heavy atom. The first kappa shape index (κ1) is 265. The maximum Gasteiger partial charge on any atom is 3.00 e. The van der Waals surface area contributed by atoms with E-state index in [1.807, 2.05) is 0 Å². The molecule has 0 rings (SSSR count). The van der Waals surface area contributed by atoms with Crippen molar-refractivity contribution in [3.63, 3.8) is 0 Å². The SMILES string of the molecule is O.O=[Si]=O.O=[Si]=O.O=[Si]=O.O=[Si]=O.O=[Si]=O.O=[Si]=O.[Al+3].[Al+3].[Al+3].[Al+3].[Al+3].[Al+3].[F-].[F-].[K+].[K+].[O-2].[O-2].[O-2].[O-2].[O-2].[O-2].[O-2].[O-2].[O-2]. The predicted octanol–water partition coefficient (Wildman–Crippen LogP) is -19.9. The van der Waals surface area contributed by atoms with Gasteiger partial charge >= 0.3 is 263 Å². The second-order valence-corrected chi connectivity index (χ2v) is 1.50. The van der Waals surface area contributed by atoms with E-state index >= 15 is 0 Å². The first-order valence-corrected chi connectivity index (χ1v) is 7.35. The van der Waals surface area contributed by atoms with Crippen LogP contribution in [0.3, 0.4) is 0 Å². The molecule has 0 spiro atoms. The van der Waals surface area contributed by atoms with E-state index < -0.39 is 55.8 Å². The third-order valence-corrected chi connectivity index (χ3v) is 0. The van der Waals surface area contributed by atoms with Gasteiger partial charge in [0.25, 0.3) is 0 Å². The largest absolute Gasteiger partial charge is 3.00 e. The van der Waals surface area contributed by atoms with E-state index in [0.29, 0.717) is 0 Å². The van der Waals surface area contributed by atoms with E-state index in [4.69, 9.17) is 53.5 Å². The molecule has 0 bridgehead atoms. The van der Waals surface area contributed by atoms with Gasteiger partial charge in [-0.3, -0.25) is 53.5 Å². The zero-order valence-corrected chi connectivity index (χ0v) is 37.5. The molecule has 0 aromatic rings. The Morgan fingerprint density at radius 2 is 0.237 bits per heavy atom. The Hall–Kier alpha value is 4.83. The topological polar surface area (TPSA) is 493 Å². The van der Waals surface area contributed by atoms with Gasteiger partial charge in [0.15, 0.2) is 0 Å². The second kappa shape index (κ2) is 595. The molecule has 22 nitrogen and oxygen atoms in total. The molecule has 0 radical (unpaired) electrons. The summed E-state index contributed by atoms with van der Waals surface area (Å²) in [6.45, 7) is 0. The molecule has 0 saturated carbocycles. The number of hydrogen-bond donors (Lipinski definition) is 0. The quantitative estimate of drug-likeness (QED) is 0.206. The van der Waals surface area contributed by atoms with Crippen molar-refractivity contribution in [3.8, 4) is 0 Å². The van der Waals surface area contributed by atoms with Crippen LogP contribution in [0.15, 0.2) is 0 Å². The molecule has 0 fully saturated rings. The molecule has 0 saturated heterocycles. The molecule has 0 aliphatic heterocycles. The maximum absolute atomic E-state index is 8.40. The van der Waals surface area contributed by atoms with Crippen LogP contribution in [0, 0.1) is 0 Å². The van der Waals surface area contributed by atoms with Gasteiger partial charge in [0.1, 0.15) is 0 Å². The fourth-order valence-corrected chi connectivity index (χ4v) is 0. The van der Waals surface area contributed by atoms with Gasteiger partial charge in [-0.1, -0.05) is 0 Å². The van der Waals surface area contributed by atoms with Gasteiger partial charge in [0.2, 0.25) is 0 Å². The minimum atomic E-state index is -1.42. The minimum Gasteiger partial charge on any atom is -2.00 e. The smallest absolute Gasteiger partial charge is 2.00 e. The third kappa shape index (κ3) is 2780. The Labute approximate surface area is 373 Å². The van der Waals surface area contributed by atoms with Crippen LogP contribution in [0.4, 0.5) is 0 Å².